The summed E-state index contributed by atoms with van der Waals surface area (Å²) < 4.78 is 0. The fraction of sp³-hybridized carbons (Fsp3) is 0.769. The minimum atomic E-state index is 0.819. The highest BCUT2D eigenvalue weighted by atomic mass is 15.2. The summed E-state index contributed by atoms with van der Waals surface area (Å²) in [5, 5.41) is 7.71. The molecule has 16 heavy (non-hydrogen) atoms. The maximum atomic E-state index is 4.47. The van der Waals surface area contributed by atoms with E-state index < -0.39 is 0 Å². The van der Waals surface area contributed by atoms with Gasteiger partial charge in [0.2, 0.25) is 0 Å². The first-order valence-electron chi connectivity index (χ1n) is 6.50. The molecule has 3 heteroatoms. The highest BCUT2D eigenvalue weighted by Gasteiger charge is 2.56. The van der Waals surface area contributed by atoms with E-state index in [4.69, 9.17) is 0 Å². The largest absolute Gasteiger partial charge is 0.306 e. The highest BCUT2D eigenvalue weighted by Crippen LogP contribution is 2.59. The smallest absolute Gasteiger partial charge is 0.0657 e. The normalized spacial score (nSPS) is 33.1. The zero-order valence-corrected chi connectivity index (χ0v) is 10.5. The van der Waals surface area contributed by atoms with Gasteiger partial charge in [0.25, 0.3) is 0 Å². The molecule has 0 aromatic carbocycles. The molecule has 1 N–H and O–H groups in total. The van der Waals surface area contributed by atoms with Gasteiger partial charge in [0, 0.05) is 18.8 Å². The zero-order chi connectivity index (χ0) is 11.3. The predicted molar refractivity (Wildman–Crippen MR) is 64.6 cm³/mol. The third kappa shape index (κ3) is 1.34. The number of nitrogens with zero attached hydrogens (tertiary/aromatic N) is 2. The van der Waals surface area contributed by atoms with E-state index in [2.05, 4.69) is 36.0 Å². The zero-order valence-electron chi connectivity index (χ0n) is 10.5. The molecule has 88 valence electrons. The number of nitrogens with one attached hydrogen (secondary N) is 1. The first-order valence-corrected chi connectivity index (χ1v) is 6.50. The Hall–Kier alpha value is -0.830. The number of aryl methyl sites for hydroxylation is 2. The fourth-order valence-corrected chi connectivity index (χ4v) is 3.53. The summed E-state index contributed by atoms with van der Waals surface area (Å²) in [6.07, 6.45) is 2.16. The lowest BCUT2D eigenvalue weighted by Gasteiger charge is -2.13. The Kier molecular flexibility index (Phi) is 2.32. The van der Waals surface area contributed by atoms with Gasteiger partial charge in [-0.05, 0) is 43.2 Å². The summed E-state index contributed by atoms with van der Waals surface area (Å²) in [5.41, 5.74) is 4.28. The monoisotopic (exact) mass is 219 g/mol. The molecule has 3 rings (SSSR count). The van der Waals surface area contributed by atoms with Crippen LogP contribution in [0.15, 0.2) is 0 Å². The van der Waals surface area contributed by atoms with Crippen molar-refractivity contribution >= 4 is 0 Å². The molecule has 0 spiro atoms. The summed E-state index contributed by atoms with van der Waals surface area (Å²) >= 11 is 0. The van der Waals surface area contributed by atoms with Crippen molar-refractivity contribution in [2.45, 2.75) is 32.6 Å². The van der Waals surface area contributed by atoms with Crippen LogP contribution in [0, 0.1) is 11.8 Å². The highest BCUT2D eigenvalue weighted by molar-refractivity contribution is 5.37. The first-order chi connectivity index (χ1) is 7.76. The van der Waals surface area contributed by atoms with Gasteiger partial charge in [0.05, 0.1) is 5.69 Å². The van der Waals surface area contributed by atoms with Crippen LogP contribution in [0.5, 0.6) is 0 Å². The first kappa shape index (κ1) is 10.3. The second-order valence-electron chi connectivity index (χ2n) is 5.34. The van der Waals surface area contributed by atoms with Crippen LogP contribution in [-0.2, 0) is 12.8 Å². The molecule has 0 radical (unpaired) electrons. The number of likely N-dealkylation sites (tertiary alicyclic amines) is 1. The van der Waals surface area contributed by atoms with Crippen molar-refractivity contribution in [1.29, 1.82) is 0 Å². The third-order valence-corrected chi connectivity index (χ3v) is 4.36. The lowest BCUT2D eigenvalue weighted by Crippen LogP contribution is -2.19. The van der Waals surface area contributed by atoms with Crippen LogP contribution in [0.3, 0.4) is 0 Å². The van der Waals surface area contributed by atoms with Gasteiger partial charge in [-0.15, -0.1) is 0 Å². The Morgan fingerprint density at radius 1 is 1.25 bits per heavy atom. The van der Waals surface area contributed by atoms with Gasteiger partial charge in [-0.2, -0.15) is 5.10 Å². The molecule has 3 nitrogen and oxygen atoms in total. The molecule has 1 saturated heterocycles. The second-order valence-corrected chi connectivity index (χ2v) is 5.34. The van der Waals surface area contributed by atoms with Gasteiger partial charge < -0.3 is 4.90 Å². The minimum absolute atomic E-state index is 0.819. The van der Waals surface area contributed by atoms with E-state index in [0.29, 0.717) is 0 Å². The molecule has 0 bridgehead atoms. The van der Waals surface area contributed by atoms with Crippen LogP contribution >= 0.6 is 0 Å². The molecule has 2 aliphatic rings. The molecule has 1 aromatic heterocycles. The van der Waals surface area contributed by atoms with Crippen LogP contribution in [0.25, 0.3) is 0 Å². The van der Waals surface area contributed by atoms with Crippen LogP contribution in [0.2, 0.25) is 0 Å². The molecule has 2 heterocycles. The molecule has 1 unspecified atom stereocenters. The molecular weight excluding hydrogens is 198 g/mol. The molecule has 2 fully saturated rings. The topological polar surface area (TPSA) is 31.9 Å². The molecule has 1 saturated carbocycles. The van der Waals surface area contributed by atoms with Crippen molar-refractivity contribution < 1.29 is 0 Å². The van der Waals surface area contributed by atoms with E-state index in [9.17, 15) is 0 Å². The average molecular weight is 219 g/mol. The third-order valence-electron chi connectivity index (χ3n) is 4.36. The van der Waals surface area contributed by atoms with Crippen LogP contribution in [0.4, 0.5) is 0 Å². The van der Waals surface area contributed by atoms with E-state index >= 15 is 0 Å². The van der Waals surface area contributed by atoms with Crippen molar-refractivity contribution in [2.24, 2.45) is 11.8 Å². The number of aromatic nitrogens is 2. The van der Waals surface area contributed by atoms with Gasteiger partial charge in [-0.3, -0.25) is 5.10 Å². The quantitative estimate of drug-likeness (QED) is 0.840. The molecule has 0 amide bonds. The molecule has 1 aromatic rings. The van der Waals surface area contributed by atoms with Crippen LogP contribution < -0.4 is 0 Å². The number of rotatable bonds is 3. The SMILES string of the molecule is CCc1n[nH]c(CC)c1C1[C@H]2CN(C)C[C@@H]12. The summed E-state index contributed by atoms with van der Waals surface area (Å²) in [5.74, 6) is 2.65. The number of fused-ring (bicyclic) bond motifs is 1. The van der Waals surface area contributed by atoms with Crippen LogP contribution in [0.1, 0.15) is 36.7 Å². The van der Waals surface area contributed by atoms with E-state index in [-0.39, 0.29) is 0 Å². The minimum Gasteiger partial charge on any atom is -0.306 e. The summed E-state index contributed by atoms with van der Waals surface area (Å²) in [6.45, 7) is 7.00. The number of piperidine rings is 1. The fourth-order valence-electron chi connectivity index (χ4n) is 3.53. The molecule has 3 atom stereocenters. The maximum Gasteiger partial charge on any atom is 0.0657 e. The maximum absolute atomic E-state index is 4.47. The number of hydrogen-bond acceptors (Lipinski definition) is 2. The van der Waals surface area contributed by atoms with Crippen molar-refractivity contribution in [3.63, 3.8) is 0 Å². The molecular formula is C13H21N3. The summed E-state index contributed by atoms with van der Waals surface area (Å²) in [4.78, 5) is 2.46. The number of hydrogen-bond donors (Lipinski definition) is 1. The van der Waals surface area contributed by atoms with Gasteiger partial charge in [-0.25, -0.2) is 0 Å². The molecule has 1 aliphatic heterocycles. The summed E-state index contributed by atoms with van der Waals surface area (Å²) in [7, 11) is 2.24. The van der Waals surface area contributed by atoms with Crippen molar-refractivity contribution in [1.82, 2.24) is 15.1 Å². The Labute approximate surface area is 97.2 Å². The van der Waals surface area contributed by atoms with Gasteiger partial charge in [0.15, 0.2) is 0 Å². The number of aromatic amines is 1. The van der Waals surface area contributed by atoms with Crippen molar-refractivity contribution in [2.75, 3.05) is 20.1 Å². The Morgan fingerprint density at radius 3 is 2.50 bits per heavy atom. The lowest BCUT2D eigenvalue weighted by atomic mass is 10.0. The van der Waals surface area contributed by atoms with Crippen molar-refractivity contribution in [3.8, 4) is 0 Å². The van der Waals surface area contributed by atoms with E-state index in [1.165, 1.54) is 24.5 Å². The number of H-pyrrole nitrogens is 1. The molecule has 1 aliphatic carbocycles. The van der Waals surface area contributed by atoms with Gasteiger partial charge >= 0.3 is 0 Å². The van der Waals surface area contributed by atoms with Crippen molar-refractivity contribution in [3.05, 3.63) is 17.0 Å². The van der Waals surface area contributed by atoms with E-state index in [1.54, 1.807) is 5.56 Å². The van der Waals surface area contributed by atoms with Crippen LogP contribution in [-0.4, -0.2) is 35.2 Å². The Morgan fingerprint density at radius 2 is 1.94 bits per heavy atom. The summed E-state index contributed by atoms with van der Waals surface area (Å²) in [6, 6.07) is 0. The standard InChI is InChI=1S/C13H21N3/c1-4-10-13(11(5-2)15-14-10)12-8-6-16(3)7-9(8)12/h8-9,12H,4-7H2,1-3H3,(H,14,15)/t8-,9+,12?. The van der Waals surface area contributed by atoms with E-state index in [1.807, 2.05) is 0 Å². The second kappa shape index (κ2) is 3.59. The van der Waals surface area contributed by atoms with Gasteiger partial charge in [-0.1, -0.05) is 13.8 Å². The Bertz CT molecular complexity index is 362. The van der Waals surface area contributed by atoms with E-state index in [0.717, 1.165) is 30.6 Å². The average Bonchev–Trinajstić information content (AvgIpc) is 2.70. The predicted octanol–water partition coefficient (Wildman–Crippen LogP) is 1.81. The lowest BCUT2D eigenvalue weighted by molar-refractivity contribution is 0.362. The van der Waals surface area contributed by atoms with Gasteiger partial charge in [0.1, 0.15) is 0 Å². The Balaban J connectivity index is 1.88.